The lowest BCUT2D eigenvalue weighted by Gasteiger charge is -2.15. The van der Waals surface area contributed by atoms with Crippen molar-refractivity contribution in [3.05, 3.63) is 65.7 Å². The van der Waals surface area contributed by atoms with Crippen LogP contribution in [-0.2, 0) is 20.7 Å². The number of phenolic OH excluding ortho intramolecular Hbond substituents is 2. The molecule has 0 saturated carbocycles. The van der Waals surface area contributed by atoms with Crippen LogP contribution in [0.4, 0.5) is 0 Å². The Kier molecular flexibility index (Phi) is 6.17. The van der Waals surface area contributed by atoms with Crippen LogP contribution in [0.15, 0.2) is 54.6 Å². The Labute approximate surface area is 145 Å². The number of phenols is 2. The van der Waals surface area contributed by atoms with Gasteiger partial charge in [0, 0.05) is 12.5 Å². The van der Waals surface area contributed by atoms with Crippen LogP contribution in [0.3, 0.4) is 0 Å². The quantitative estimate of drug-likeness (QED) is 0.552. The van der Waals surface area contributed by atoms with E-state index in [0.717, 1.165) is 11.1 Å². The molecule has 2 aromatic carbocycles. The van der Waals surface area contributed by atoms with E-state index in [4.69, 9.17) is 4.74 Å². The standard InChI is InChI=1S/C19H19NO5/c1-25-19(24)17(12-14-4-9-16(22)10-5-14)20-18(23)11-6-13-2-7-15(21)8-3-13/h2-11,17,21-22H,12H2,1H3,(H,20,23)/b11-6+/t17-/m0/s1. The number of hydrogen-bond acceptors (Lipinski definition) is 5. The third-order valence-electron chi connectivity index (χ3n) is 3.50. The number of esters is 1. The van der Waals surface area contributed by atoms with Gasteiger partial charge in [-0.3, -0.25) is 4.79 Å². The van der Waals surface area contributed by atoms with Crippen LogP contribution in [-0.4, -0.2) is 35.2 Å². The Balaban J connectivity index is 2.02. The first kappa shape index (κ1) is 18.1. The Morgan fingerprint density at radius 3 is 2.16 bits per heavy atom. The van der Waals surface area contributed by atoms with Gasteiger partial charge in [0.15, 0.2) is 0 Å². The first-order chi connectivity index (χ1) is 12.0. The molecule has 0 aliphatic carbocycles. The van der Waals surface area contributed by atoms with Crippen LogP contribution < -0.4 is 5.32 Å². The van der Waals surface area contributed by atoms with E-state index in [1.165, 1.54) is 37.5 Å². The summed E-state index contributed by atoms with van der Waals surface area (Å²) < 4.78 is 4.73. The average Bonchev–Trinajstić information content (AvgIpc) is 2.62. The number of amides is 1. The number of ether oxygens (including phenoxy) is 1. The molecule has 0 aliphatic heterocycles. The third kappa shape index (κ3) is 5.69. The summed E-state index contributed by atoms with van der Waals surface area (Å²) in [5.74, 6) is -0.734. The lowest BCUT2D eigenvalue weighted by Crippen LogP contribution is -2.42. The zero-order valence-electron chi connectivity index (χ0n) is 13.7. The summed E-state index contributed by atoms with van der Waals surface area (Å²) in [6, 6.07) is 11.9. The first-order valence-corrected chi connectivity index (χ1v) is 7.61. The van der Waals surface area contributed by atoms with E-state index in [1.54, 1.807) is 30.3 Å². The van der Waals surface area contributed by atoms with Gasteiger partial charge in [0.25, 0.3) is 0 Å². The van der Waals surface area contributed by atoms with Crippen molar-refractivity contribution in [2.45, 2.75) is 12.5 Å². The lowest BCUT2D eigenvalue weighted by atomic mass is 10.1. The Hall–Kier alpha value is -3.28. The molecule has 25 heavy (non-hydrogen) atoms. The molecular formula is C19H19NO5. The smallest absolute Gasteiger partial charge is 0.328 e. The molecule has 2 aromatic rings. The van der Waals surface area contributed by atoms with Crippen LogP contribution in [0.1, 0.15) is 11.1 Å². The van der Waals surface area contributed by atoms with Crippen molar-refractivity contribution >= 4 is 18.0 Å². The molecule has 2 rings (SSSR count). The van der Waals surface area contributed by atoms with Crippen LogP contribution in [0.5, 0.6) is 11.5 Å². The highest BCUT2D eigenvalue weighted by Gasteiger charge is 2.21. The van der Waals surface area contributed by atoms with Crippen molar-refractivity contribution in [1.82, 2.24) is 5.32 Å². The molecule has 6 heteroatoms. The highest BCUT2D eigenvalue weighted by molar-refractivity contribution is 5.94. The molecule has 6 nitrogen and oxygen atoms in total. The minimum atomic E-state index is -0.841. The second-order valence-corrected chi connectivity index (χ2v) is 5.38. The largest absolute Gasteiger partial charge is 0.508 e. The van der Waals surface area contributed by atoms with Crippen molar-refractivity contribution in [3.8, 4) is 11.5 Å². The first-order valence-electron chi connectivity index (χ1n) is 7.61. The van der Waals surface area contributed by atoms with E-state index in [9.17, 15) is 19.8 Å². The van der Waals surface area contributed by atoms with E-state index in [1.807, 2.05) is 0 Å². The summed E-state index contributed by atoms with van der Waals surface area (Å²) in [7, 11) is 1.25. The van der Waals surface area contributed by atoms with Crippen molar-refractivity contribution < 1.29 is 24.5 Å². The summed E-state index contributed by atoms with van der Waals surface area (Å²) in [4.78, 5) is 24.0. The second kappa shape index (κ2) is 8.54. The van der Waals surface area contributed by atoms with Gasteiger partial charge < -0.3 is 20.3 Å². The zero-order chi connectivity index (χ0) is 18.2. The van der Waals surface area contributed by atoms with Crippen LogP contribution in [0.25, 0.3) is 6.08 Å². The van der Waals surface area contributed by atoms with Gasteiger partial charge in [0.1, 0.15) is 17.5 Å². The van der Waals surface area contributed by atoms with Crippen molar-refractivity contribution in [2.24, 2.45) is 0 Å². The van der Waals surface area contributed by atoms with Gasteiger partial charge >= 0.3 is 5.97 Å². The number of benzene rings is 2. The van der Waals surface area contributed by atoms with Gasteiger partial charge in [-0.05, 0) is 41.5 Å². The fraction of sp³-hybridized carbons (Fsp3) is 0.158. The SMILES string of the molecule is COC(=O)[C@H](Cc1ccc(O)cc1)NC(=O)/C=C/c1ccc(O)cc1. The number of nitrogens with one attached hydrogen (secondary N) is 1. The predicted molar refractivity (Wildman–Crippen MR) is 92.9 cm³/mol. The van der Waals surface area contributed by atoms with E-state index in [2.05, 4.69) is 5.32 Å². The number of aromatic hydroxyl groups is 2. The van der Waals surface area contributed by atoms with E-state index >= 15 is 0 Å². The Bertz CT molecular complexity index is 750. The summed E-state index contributed by atoms with van der Waals surface area (Å²) in [6.45, 7) is 0. The van der Waals surface area contributed by atoms with Gasteiger partial charge in [-0.25, -0.2) is 4.79 Å². The molecule has 0 aliphatic rings. The lowest BCUT2D eigenvalue weighted by molar-refractivity contribution is -0.144. The van der Waals surface area contributed by atoms with Crippen LogP contribution in [0.2, 0.25) is 0 Å². The van der Waals surface area contributed by atoms with E-state index in [-0.39, 0.29) is 17.9 Å². The molecule has 3 N–H and O–H groups in total. The van der Waals surface area contributed by atoms with E-state index < -0.39 is 17.9 Å². The average molecular weight is 341 g/mol. The molecule has 0 aromatic heterocycles. The fourth-order valence-corrected chi connectivity index (χ4v) is 2.18. The fourth-order valence-electron chi connectivity index (χ4n) is 2.18. The maximum absolute atomic E-state index is 12.1. The molecule has 0 heterocycles. The van der Waals surface area contributed by atoms with Crippen LogP contribution in [0, 0.1) is 0 Å². The predicted octanol–water partition coefficient (Wildman–Crippen LogP) is 2.01. The summed E-state index contributed by atoms with van der Waals surface area (Å²) >= 11 is 0. The normalized spacial score (nSPS) is 11.9. The van der Waals surface area contributed by atoms with Gasteiger partial charge in [-0.2, -0.15) is 0 Å². The summed E-state index contributed by atoms with van der Waals surface area (Å²) in [5, 5.41) is 21.1. The van der Waals surface area contributed by atoms with Gasteiger partial charge in [-0.1, -0.05) is 24.3 Å². The summed E-state index contributed by atoms with van der Waals surface area (Å²) in [5.41, 5.74) is 1.51. The van der Waals surface area contributed by atoms with Crippen molar-refractivity contribution in [2.75, 3.05) is 7.11 Å². The molecular weight excluding hydrogens is 322 g/mol. The number of rotatable bonds is 6. The third-order valence-corrected chi connectivity index (χ3v) is 3.50. The number of carbonyl (C=O) groups is 2. The number of hydrogen-bond donors (Lipinski definition) is 3. The highest BCUT2D eigenvalue weighted by Crippen LogP contribution is 2.12. The van der Waals surface area contributed by atoms with Crippen molar-refractivity contribution in [1.29, 1.82) is 0 Å². The monoisotopic (exact) mass is 341 g/mol. The second-order valence-electron chi connectivity index (χ2n) is 5.38. The van der Waals surface area contributed by atoms with Gasteiger partial charge in [0.2, 0.25) is 5.91 Å². The maximum Gasteiger partial charge on any atom is 0.328 e. The number of carbonyl (C=O) groups excluding carboxylic acids is 2. The van der Waals surface area contributed by atoms with Gasteiger partial charge in [0.05, 0.1) is 7.11 Å². The Morgan fingerprint density at radius 1 is 1.04 bits per heavy atom. The van der Waals surface area contributed by atoms with E-state index in [0.29, 0.717) is 0 Å². The minimum Gasteiger partial charge on any atom is -0.508 e. The Morgan fingerprint density at radius 2 is 1.60 bits per heavy atom. The maximum atomic E-state index is 12.1. The molecule has 0 bridgehead atoms. The topological polar surface area (TPSA) is 95.9 Å². The molecule has 1 atom stereocenters. The molecule has 0 radical (unpaired) electrons. The molecule has 1 amide bonds. The molecule has 0 fully saturated rings. The van der Waals surface area contributed by atoms with Crippen LogP contribution >= 0.6 is 0 Å². The highest BCUT2D eigenvalue weighted by atomic mass is 16.5. The zero-order valence-corrected chi connectivity index (χ0v) is 13.7. The summed E-state index contributed by atoms with van der Waals surface area (Å²) in [6.07, 6.45) is 3.12. The molecule has 0 spiro atoms. The van der Waals surface area contributed by atoms with Gasteiger partial charge in [-0.15, -0.1) is 0 Å². The number of methoxy groups -OCH3 is 1. The van der Waals surface area contributed by atoms with Crippen molar-refractivity contribution in [3.63, 3.8) is 0 Å². The minimum absolute atomic E-state index is 0.124. The molecule has 130 valence electrons. The molecule has 0 saturated heterocycles. The molecule has 0 unspecified atom stereocenters.